The monoisotopic (exact) mass is 746 g/mol. The van der Waals surface area contributed by atoms with Gasteiger partial charge in [-0.05, 0) is 74.6 Å². The lowest BCUT2D eigenvalue weighted by atomic mass is 9.98. The van der Waals surface area contributed by atoms with Crippen LogP contribution in [-0.4, -0.2) is 106 Å². The molecule has 7 atom stereocenters. The van der Waals surface area contributed by atoms with Crippen molar-refractivity contribution in [2.24, 2.45) is 29.0 Å². The zero-order chi connectivity index (χ0) is 39.8. The number of carbonyl (C=O) groups is 7. The van der Waals surface area contributed by atoms with Crippen molar-refractivity contribution in [3.63, 3.8) is 0 Å². The third-order valence-electron chi connectivity index (χ3n) is 9.33. The topological polar surface area (TPSA) is 289 Å². The van der Waals surface area contributed by atoms with Crippen molar-refractivity contribution in [2.75, 3.05) is 13.1 Å². The summed E-state index contributed by atoms with van der Waals surface area (Å²) in [5, 5.41) is 29.6. The number of amides is 6. The number of aromatic hydroxyl groups is 1. The fourth-order valence-corrected chi connectivity index (χ4v) is 6.03. The second kappa shape index (κ2) is 21.7. The molecule has 0 aliphatic carbocycles. The molecule has 53 heavy (non-hydrogen) atoms. The maximum Gasteiger partial charge on any atom is 0.326 e. The number of aliphatic carboxylic acids is 1. The minimum Gasteiger partial charge on any atom is -0.508 e. The number of nitrogens with one attached hydrogen (secondary N) is 4. The number of carboxylic acid groups (broad SMARTS) is 1. The average Bonchev–Trinajstić information content (AvgIpc) is 3.60. The van der Waals surface area contributed by atoms with Crippen LogP contribution < -0.4 is 38.5 Å². The molecular weight excluding hydrogens is 688 g/mol. The molecule has 2 rings (SSSR count). The van der Waals surface area contributed by atoms with Gasteiger partial charge in [0.25, 0.3) is 0 Å². The minimum absolute atomic E-state index is 0.0297. The third-order valence-corrected chi connectivity index (χ3v) is 9.33. The molecule has 0 aromatic heterocycles. The van der Waals surface area contributed by atoms with Gasteiger partial charge >= 0.3 is 5.97 Å². The van der Waals surface area contributed by atoms with Crippen LogP contribution in [0.2, 0.25) is 0 Å². The average molecular weight is 747 g/mol. The first kappa shape index (κ1) is 44.4. The lowest BCUT2D eigenvalue weighted by Gasteiger charge is -2.31. The van der Waals surface area contributed by atoms with Gasteiger partial charge < -0.3 is 53.6 Å². The summed E-state index contributed by atoms with van der Waals surface area (Å²) in [5.41, 5.74) is 17.7. The van der Waals surface area contributed by atoms with Gasteiger partial charge in [0.2, 0.25) is 35.4 Å². The fraction of sp³-hybridized carbons (Fsp3) is 0.639. The first-order valence-corrected chi connectivity index (χ1v) is 18.2. The lowest BCUT2D eigenvalue weighted by Crippen LogP contribution is -2.59. The molecular formula is C36H58N8O9. The van der Waals surface area contributed by atoms with E-state index in [2.05, 4.69) is 21.3 Å². The van der Waals surface area contributed by atoms with Gasteiger partial charge in [0.15, 0.2) is 0 Å². The summed E-state index contributed by atoms with van der Waals surface area (Å²) < 4.78 is 0. The van der Waals surface area contributed by atoms with E-state index in [1.165, 1.54) is 29.2 Å². The number of unbranched alkanes of at least 4 members (excludes halogenated alkanes) is 1. The van der Waals surface area contributed by atoms with E-state index in [0.717, 1.165) is 0 Å². The summed E-state index contributed by atoms with van der Waals surface area (Å²) in [4.78, 5) is 92.9. The summed E-state index contributed by atoms with van der Waals surface area (Å²) >= 11 is 0. The minimum atomic E-state index is -1.57. The number of nitrogens with two attached hydrogens (primary N) is 3. The number of primary amides is 1. The Morgan fingerprint density at radius 1 is 0.868 bits per heavy atom. The molecule has 1 aromatic rings. The fourth-order valence-electron chi connectivity index (χ4n) is 6.03. The molecule has 1 fully saturated rings. The van der Waals surface area contributed by atoms with Gasteiger partial charge in [-0.2, -0.15) is 0 Å². The van der Waals surface area contributed by atoms with Crippen LogP contribution in [0.15, 0.2) is 24.3 Å². The Morgan fingerprint density at radius 3 is 2.04 bits per heavy atom. The molecule has 17 heteroatoms. The highest BCUT2D eigenvalue weighted by atomic mass is 16.4. The molecule has 6 amide bonds. The van der Waals surface area contributed by atoms with Crippen LogP contribution >= 0.6 is 0 Å². The summed E-state index contributed by atoms with van der Waals surface area (Å²) in [7, 11) is 0. The highest BCUT2D eigenvalue weighted by Gasteiger charge is 2.40. The molecule has 1 saturated heterocycles. The molecule has 7 unspecified atom stereocenters. The Kier molecular flexibility index (Phi) is 18.2. The van der Waals surface area contributed by atoms with Crippen molar-refractivity contribution in [1.82, 2.24) is 26.2 Å². The smallest absolute Gasteiger partial charge is 0.326 e. The van der Waals surface area contributed by atoms with Crippen molar-refractivity contribution >= 4 is 41.4 Å². The van der Waals surface area contributed by atoms with E-state index in [1.807, 2.05) is 27.7 Å². The normalized spacial score (nSPS) is 17.5. The van der Waals surface area contributed by atoms with E-state index < -0.39 is 84.1 Å². The number of phenolic OH excluding ortho intramolecular Hbond substituents is 1. The maximum atomic E-state index is 13.9. The van der Waals surface area contributed by atoms with Crippen molar-refractivity contribution in [3.8, 4) is 5.75 Å². The molecule has 0 bridgehead atoms. The van der Waals surface area contributed by atoms with E-state index in [1.54, 1.807) is 0 Å². The summed E-state index contributed by atoms with van der Waals surface area (Å²) in [5.74, 6) is -5.95. The van der Waals surface area contributed by atoms with Gasteiger partial charge in [0.1, 0.15) is 36.0 Å². The van der Waals surface area contributed by atoms with Gasteiger partial charge in [-0.15, -0.1) is 0 Å². The van der Waals surface area contributed by atoms with Crippen molar-refractivity contribution in [1.29, 1.82) is 0 Å². The number of hydrogen-bond donors (Lipinski definition) is 9. The number of carboxylic acids is 1. The third kappa shape index (κ3) is 14.3. The second-order valence-corrected chi connectivity index (χ2v) is 14.1. The predicted octanol–water partition coefficient (Wildman–Crippen LogP) is -0.627. The summed E-state index contributed by atoms with van der Waals surface area (Å²) in [6.45, 7) is 8.02. The van der Waals surface area contributed by atoms with Crippen molar-refractivity contribution in [2.45, 2.75) is 122 Å². The number of hydrogen-bond acceptors (Lipinski definition) is 10. The Bertz CT molecular complexity index is 1420. The Morgan fingerprint density at radius 2 is 1.47 bits per heavy atom. The first-order chi connectivity index (χ1) is 25.0. The number of benzene rings is 1. The molecule has 1 aliphatic rings. The number of likely N-dealkylation sites (tertiary alicyclic amines) is 1. The van der Waals surface area contributed by atoms with Gasteiger partial charge in [0, 0.05) is 13.0 Å². The number of nitrogens with zero attached hydrogens (tertiary/aromatic N) is 1. The number of rotatable bonds is 22. The molecule has 12 N–H and O–H groups in total. The van der Waals surface area contributed by atoms with Crippen LogP contribution in [0.1, 0.15) is 84.6 Å². The summed E-state index contributed by atoms with van der Waals surface area (Å²) in [6, 6.07) is -1.26. The van der Waals surface area contributed by atoms with Gasteiger partial charge in [0.05, 0.1) is 12.5 Å². The van der Waals surface area contributed by atoms with Crippen molar-refractivity contribution < 1.29 is 43.8 Å². The lowest BCUT2D eigenvalue weighted by molar-refractivity contribution is -0.143. The largest absolute Gasteiger partial charge is 0.508 e. The van der Waals surface area contributed by atoms with Crippen molar-refractivity contribution in [3.05, 3.63) is 29.8 Å². The quantitative estimate of drug-likeness (QED) is 0.0674. The SMILES string of the molecule is CCC(C)C(N)C(=O)NC(CCCCN)C(=O)N1CCCC1C(=O)NC(CC(C)C)C(=O)NC(CC(N)=O)C(=O)NC(Cc1ccc(O)cc1)C(=O)O. The molecule has 1 aliphatic heterocycles. The molecule has 0 radical (unpaired) electrons. The highest BCUT2D eigenvalue weighted by molar-refractivity contribution is 5.97. The zero-order valence-electron chi connectivity index (χ0n) is 31.1. The van der Waals surface area contributed by atoms with Crippen LogP contribution in [0.5, 0.6) is 5.75 Å². The standard InChI is InChI=1S/C36H58N8O9/c1-5-21(4)30(39)34(50)40-24(9-6-7-15-37)35(51)44-16-8-10-28(44)33(49)42-25(17-20(2)3)31(47)41-26(19-29(38)46)32(48)43-27(36(52)53)18-22-11-13-23(45)14-12-22/h11-14,20-21,24-28,30,45H,5-10,15-19,37,39H2,1-4H3,(H2,38,46)(H,40,50)(H,41,47)(H,42,49)(H,43,48)(H,52,53). The van der Waals surface area contributed by atoms with Gasteiger partial charge in [-0.3, -0.25) is 28.8 Å². The van der Waals surface area contributed by atoms with E-state index >= 15 is 0 Å². The van der Waals surface area contributed by atoms with Crippen LogP contribution in [-0.2, 0) is 40.0 Å². The van der Waals surface area contributed by atoms with Gasteiger partial charge in [-0.25, -0.2) is 4.79 Å². The van der Waals surface area contributed by atoms with E-state index in [9.17, 15) is 43.8 Å². The maximum absolute atomic E-state index is 13.9. The summed E-state index contributed by atoms with van der Waals surface area (Å²) in [6.07, 6.45) is 2.22. The van der Waals surface area contributed by atoms with Crippen LogP contribution in [0.4, 0.5) is 0 Å². The van der Waals surface area contributed by atoms with Crippen LogP contribution in [0.25, 0.3) is 0 Å². The second-order valence-electron chi connectivity index (χ2n) is 14.1. The molecule has 17 nitrogen and oxygen atoms in total. The molecule has 296 valence electrons. The number of carbonyl (C=O) groups excluding carboxylic acids is 6. The Hall–Kier alpha value is -4.77. The van der Waals surface area contributed by atoms with Crippen LogP contribution in [0, 0.1) is 11.8 Å². The molecule has 1 aromatic carbocycles. The molecule has 1 heterocycles. The van der Waals surface area contributed by atoms with E-state index in [4.69, 9.17) is 17.2 Å². The van der Waals surface area contributed by atoms with Crippen LogP contribution in [0.3, 0.4) is 0 Å². The predicted molar refractivity (Wildman–Crippen MR) is 196 cm³/mol. The first-order valence-electron chi connectivity index (χ1n) is 18.2. The van der Waals surface area contributed by atoms with Gasteiger partial charge in [-0.1, -0.05) is 46.2 Å². The Labute approximate surface area is 310 Å². The van der Waals surface area contributed by atoms with E-state index in [-0.39, 0.29) is 37.0 Å². The molecule has 0 spiro atoms. The molecule has 0 saturated carbocycles. The highest BCUT2D eigenvalue weighted by Crippen LogP contribution is 2.21. The van der Waals surface area contributed by atoms with E-state index in [0.29, 0.717) is 50.6 Å². The zero-order valence-corrected chi connectivity index (χ0v) is 31.1. The Balaban J connectivity index is 2.24. The number of phenols is 1.